The van der Waals surface area contributed by atoms with E-state index >= 15 is 0 Å². The van der Waals surface area contributed by atoms with E-state index in [0.717, 1.165) is 73.7 Å². The first kappa shape index (κ1) is 46.9. The zero-order chi connectivity index (χ0) is 43.7. The van der Waals surface area contributed by atoms with Crippen LogP contribution in [-0.2, 0) is 58.8 Å². The predicted octanol–water partition coefficient (Wildman–Crippen LogP) is 6.13. The number of imide groups is 1. The summed E-state index contributed by atoms with van der Waals surface area (Å²) in [7, 11) is -2.54. The van der Waals surface area contributed by atoms with Crippen LogP contribution in [0, 0.1) is 0 Å². The van der Waals surface area contributed by atoms with Crippen molar-refractivity contribution in [3.05, 3.63) is 95.8 Å². The van der Waals surface area contributed by atoms with Crippen LogP contribution < -0.4 is 10.2 Å². The third-order valence-corrected chi connectivity index (χ3v) is 13.6. The summed E-state index contributed by atoms with van der Waals surface area (Å²) in [5.41, 5.74) is 5.05. The van der Waals surface area contributed by atoms with Crippen molar-refractivity contribution in [1.29, 1.82) is 0 Å². The minimum Gasteiger partial charge on any atom is -0.691 e. The van der Waals surface area contributed by atoms with Crippen LogP contribution >= 0.6 is 24.1 Å². The molecule has 0 unspecified atom stereocenters. The van der Waals surface area contributed by atoms with E-state index in [1.54, 1.807) is 18.2 Å². The summed E-state index contributed by atoms with van der Waals surface area (Å²) in [6, 6.07) is 11.0. The maximum atomic E-state index is 13.8. The molecule has 2 aromatic rings. The molecule has 5 rings (SSSR count). The Morgan fingerprint density at radius 1 is 0.967 bits per heavy atom. The molecule has 0 atom stereocenters. The molecule has 3 aliphatic heterocycles. The lowest BCUT2D eigenvalue weighted by atomic mass is 9.81. The topological polar surface area (TPSA) is 188 Å². The van der Waals surface area contributed by atoms with E-state index in [4.69, 9.17) is 10.1 Å². The third-order valence-electron chi connectivity index (χ3n) is 10.6. The fourth-order valence-electron chi connectivity index (χ4n) is 7.53. The number of anilines is 1. The number of nitrogens with zero attached hydrogens (tertiary/aromatic N) is 4. The Morgan fingerprint density at radius 2 is 1.68 bits per heavy atom. The molecule has 16 nitrogen and oxygen atoms in total. The molecule has 2 aromatic carbocycles. The number of hydrogen-bond donors (Lipinski definition) is 1. The van der Waals surface area contributed by atoms with Gasteiger partial charge in [-0.15, -0.1) is 9.40 Å². The first-order chi connectivity index (χ1) is 28.6. The van der Waals surface area contributed by atoms with E-state index in [-0.39, 0.29) is 42.5 Å². The van der Waals surface area contributed by atoms with E-state index in [2.05, 4.69) is 55.1 Å². The van der Waals surface area contributed by atoms with Crippen molar-refractivity contribution in [3.8, 4) is 0 Å². The Balaban J connectivity index is 1.29. The Kier molecular flexibility index (Phi) is 16.1. The summed E-state index contributed by atoms with van der Waals surface area (Å²) in [4.78, 5) is 43.9. The Bertz CT molecular complexity index is 2180. The van der Waals surface area contributed by atoms with Gasteiger partial charge < -0.3 is 15.0 Å². The van der Waals surface area contributed by atoms with Crippen LogP contribution in [0.1, 0.15) is 77.8 Å². The second-order valence-electron chi connectivity index (χ2n) is 15.1. The smallest absolute Gasteiger partial charge is 0.333 e. The zero-order valence-corrected chi connectivity index (χ0v) is 36.8. The normalized spacial score (nSPS) is 18.1. The van der Waals surface area contributed by atoms with Gasteiger partial charge in [-0.2, -0.15) is 8.91 Å². The second-order valence-corrected chi connectivity index (χ2v) is 18.7. The largest absolute Gasteiger partial charge is 0.691 e. The van der Waals surface area contributed by atoms with Gasteiger partial charge in [0.15, 0.2) is 5.71 Å². The van der Waals surface area contributed by atoms with Gasteiger partial charge in [0.25, 0.3) is 11.8 Å². The lowest BCUT2D eigenvalue weighted by Crippen LogP contribution is -2.33. The Labute approximate surface area is 358 Å². The Hall–Kier alpha value is -4.15. The van der Waals surface area contributed by atoms with E-state index in [9.17, 15) is 28.1 Å². The van der Waals surface area contributed by atoms with Gasteiger partial charge in [0, 0.05) is 103 Å². The molecule has 2 amide bonds. The molecule has 1 fully saturated rings. The van der Waals surface area contributed by atoms with Crippen molar-refractivity contribution in [3.63, 3.8) is 0 Å². The molecular weight excluding hydrogens is 837 g/mol. The molecule has 0 aliphatic carbocycles. The number of rotatable bonds is 21. The fraction of sp³-hybridized carbons (Fsp3) is 0.415. The van der Waals surface area contributed by atoms with Gasteiger partial charge in [-0.25, -0.2) is 22.8 Å². The van der Waals surface area contributed by atoms with Gasteiger partial charge in [0.1, 0.15) is 6.54 Å². The van der Waals surface area contributed by atoms with Gasteiger partial charge in [-0.05, 0) is 69.2 Å². The Morgan fingerprint density at radius 3 is 2.38 bits per heavy atom. The fourth-order valence-corrected chi connectivity index (χ4v) is 9.52. The molecular formula is C41H50N4O12S3. The predicted molar refractivity (Wildman–Crippen MR) is 223 cm³/mol. The van der Waals surface area contributed by atoms with Crippen LogP contribution in [0.2, 0.25) is 0 Å². The van der Waals surface area contributed by atoms with Crippen LogP contribution in [0.15, 0.2) is 94.4 Å². The van der Waals surface area contributed by atoms with E-state index in [1.807, 2.05) is 68.5 Å². The highest BCUT2D eigenvalue weighted by Gasteiger charge is 2.45. The molecule has 19 heteroatoms. The van der Waals surface area contributed by atoms with Gasteiger partial charge in [-0.1, -0.05) is 49.3 Å². The number of sulfonamides is 1. The monoisotopic (exact) mass is 886 g/mol. The number of hydroxylamine groups is 2. The van der Waals surface area contributed by atoms with Gasteiger partial charge >= 0.3 is 5.97 Å². The minimum absolute atomic E-state index is 0.00274. The summed E-state index contributed by atoms with van der Waals surface area (Å²) in [6.45, 7) is 11.8. The van der Waals surface area contributed by atoms with Crippen molar-refractivity contribution in [2.75, 3.05) is 37.3 Å². The summed E-state index contributed by atoms with van der Waals surface area (Å²) < 4.78 is 39.9. The molecule has 3 aliphatic rings. The first-order valence-corrected chi connectivity index (χ1v) is 22.4. The molecule has 0 saturated carbocycles. The lowest BCUT2D eigenvalue weighted by Gasteiger charge is -2.25. The number of fused-ring (bicyclic) bond motifs is 2. The zero-order valence-electron chi connectivity index (χ0n) is 34.3. The van der Waals surface area contributed by atoms with Crippen molar-refractivity contribution < 1.29 is 61.5 Å². The summed E-state index contributed by atoms with van der Waals surface area (Å²) in [5, 5.41) is 26.6. The molecule has 0 bridgehead atoms. The summed E-state index contributed by atoms with van der Waals surface area (Å²) in [6.07, 6.45) is 14.4. The summed E-state index contributed by atoms with van der Waals surface area (Å²) in [5.74, 6) is -1.48. The van der Waals surface area contributed by atoms with Crippen LogP contribution in [-0.4, -0.2) is 83.5 Å². The molecule has 60 heavy (non-hydrogen) atoms. The third kappa shape index (κ3) is 10.5. The van der Waals surface area contributed by atoms with E-state index in [1.165, 1.54) is 7.05 Å². The maximum absolute atomic E-state index is 13.8. The quantitative estimate of drug-likeness (QED) is 0.0287. The molecule has 1 saturated heterocycles. The highest BCUT2D eigenvalue weighted by atomic mass is 32.2. The average molecular weight is 887 g/mol. The van der Waals surface area contributed by atoms with Crippen LogP contribution in [0.4, 0.5) is 11.4 Å². The number of carbonyl (C=O) groups is 3. The van der Waals surface area contributed by atoms with E-state index in [0.29, 0.717) is 23.8 Å². The van der Waals surface area contributed by atoms with Gasteiger partial charge in [0.2, 0.25) is 15.7 Å². The lowest BCUT2D eigenvalue weighted by molar-refractivity contribution is -0.777. The number of allylic oxidation sites excluding steroid dienone is 8. The highest BCUT2D eigenvalue weighted by molar-refractivity contribution is 7.94. The standard InChI is InChI=1S/C41H50N4O12S3/c1-7-43-33-20-18-29(59-57-55-50)27-31(33)40(2,3)35(43)15-11-9-8-10-12-16-36-41(4,5)32-28-30(19-21-34(32)44(36)25-14-26-58-56-54-49)60(51,52)42(6)24-13-17-39(48)53-45-37(46)22-23-38(45)47/h8-12,15-16,18-21,27-28H,7,13-14,17,22-26H2,1-6H3,(H-,49,50). The molecule has 3 heterocycles. The number of benzene rings is 2. The van der Waals surface area contributed by atoms with Crippen LogP contribution in [0.5, 0.6) is 0 Å². The van der Waals surface area contributed by atoms with Crippen molar-refractivity contribution in [1.82, 2.24) is 9.37 Å². The number of hydrogen-bond acceptors (Lipinski definition) is 15. The molecule has 0 aromatic heterocycles. The van der Waals surface area contributed by atoms with E-state index < -0.39 is 33.2 Å². The van der Waals surface area contributed by atoms with Crippen molar-refractivity contribution in [2.24, 2.45) is 0 Å². The number of likely N-dealkylation sites (N-methyl/N-ethyl adjacent to an activating group) is 1. The minimum atomic E-state index is -3.97. The molecule has 1 N–H and O–H groups in total. The van der Waals surface area contributed by atoms with Crippen LogP contribution in [0.25, 0.3) is 0 Å². The molecule has 0 radical (unpaired) electrons. The summed E-state index contributed by atoms with van der Waals surface area (Å²) >= 11 is 1.83. The molecule has 324 valence electrons. The first-order valence-electron chi connectivity index (χ1n) is 19.3. The second kappa shape index (κ2) is 20.6. The van der Waals surface area contributed by atoms with Crippen molar-refractivity contribution >= 4 is 69.0 Å². The SMILES string of the molecule is CCN1/C(=C/C=C/C=C/C=C/C2=[N+](CCCSOO[O-])c3ccc(S(=O)(=O)N(C)CCCC(=O)ON4C(=O)CCC4=O)cc3C2(C)C)C(C)(C)c2cc(SOOO)ccc21. The van der Waals surface area contributed by atoms with Crippen molar-refractivity contribution in [2.45, 2.75) is 87.3 Å². The number of carbonyl (C=O) groups excluding carboxylic acids is 3. The van der Waals surface area contributed by atoms with Gasteiger partial charge in [-0.3, -0.25) is 14.6 Å². The maximum Gasteiger partial charge on any atom is 0.333 e. The molecule has 0 spiro atoms. The van der Waals surface area contributed by atoms with Crippen LogP contribution in [0.3, 0.4) is 0 Å². The highest BCUT2D eigenvalue weighted by Crippen LogP contribution is 2.49. The van der Waals surface area contributed by atoms with Gasteiger partial charge in [0.05, 0.1) is 22.4 Å². The number of amides is 2. The average Bonchev–Trinajstić information content (AvgIpc) is 3.73.